The van der Waals surface area contributed by atoms with Gasteiger partial charge in [-0.15, -0.1) is 11.3 Å². The van der Waals surface area contributed by atoms with Crippen molar-refractivity contribution in [1.29, 1.82) is 0 Å². The van der Waals surface area contributed by atoms with E-state index >= 15 is 0 Å². The van der Waals surface area contributed by atoms with Gasteiger partial charge in [0.25, 0.3) is 0 Å². The van der Waals surface area contributed by atoms with Crippen molar-refractivity contribution in [1.82, 2.24) is 4.98 Å². The molecule has 1 aromatic heterocycles. The first-order valence-corrected chi connectivity index (χ1v) is 9.14. The van der Waals surface area contributed by atoms with Gasteiger partial charge in [0.15, 0.2) is 0 Å². The second-order valence-electron chi connectivity index (χ2n) is 4.14. The Bertz CT molecular complexity index is 559. The molecule has 0 amide bonds. The number of thiazole rings is 1. The highest BCUT2D eigenvalue weighted by molar-refractivity contribution is 7.53. The highest BCUT2D eigenvalue weighted by Gasteiger charge is 2.23. The molecular weight excluding hydrogens is 293 g/mol. The normalized spacial score (nSPS) is 11.7. The van der Waals surface area contributed by atoms with Gasteiger partial charge in [-0.2, -0.15) is 0 Å². The molecule has 1 heterocycles. The van der Waals surface area contributed by atoms with Crippen molar-refractivity contribution in [2.24, 2.45) is 0 Å². The predicted molar refractivity (Wildman–Crippen MR) is 82.1 cm³/mol. The fraction of sp³-hybridized carbons (Fsp3) is 0.357. The molecule has 0 bridgehead atoms. The first-order valence-electron chi connectivity index (χ1n) is 6.54. The standard InChI is InChI=1S/C14H18NO3PS/c1-3-17-19(16,18-4-2)11-12-5-7-13(8-6-12)14-15-9-10-20-14/h5-10H,3-4,11H2,1-2H3. The summed E-state index contributed by atoms with van der Waals surface area (Å²) in [6.07, 6.45) is 2.08. The van der Waals surface area contributed by atoms with Gasteiger partial charge in [-0.3, -0.25) is 4.57 Å². The van der Waals surface area contributed by atoms with E-state index in [1.165, 1.54) is 0 Å². The van der Waals surface area contributed by atoms with Crippen LogP contribution in [0.3, 0.4) is 0 Å². The highest BCUT2D eigenvalue weighted by atomic mass is 32.1. The van der Waals surface area contributed by atoms with Crippen molar-refractivity contribution >= 4 is 18.9 Å². The molecule has 0 aliphatic heterocycles. The van der Waals surface area contributed by atoms with Gasteiger partial charge in [0.05, 0.1) is 19.4 Å². The lowest BCUT2D eigenvalue weighted by Gasteiger charge is -2.17. The molecule has 0 atom stereocenters. The lowest BCUT2D eigenvalue weighted by Crippen LogP contribution is -1.99. The van der Waals surface area contributed by atoms with Gasteiger partial charge in [0, 0.05) is 17.1 Å². The van der Waals surface area contributed by atoms with E-state index in [2.05, 4.69) is 4.98 Å². The molecule has 0 fully saturated rings. The fourth-order valence-corrected chi connectivity index (χ4v) is 4.21. The van der Waals surface area contributed by atoms with Crippen LogP contribution < -0.4 is 0 Å². The molecule has 0 radical (unpaired) electrons. The number of aromatic nitrogens is 1. The van der Waals surface area contributed by atoms with E-state index in [4.69, 9.17) is 9.05 Å². The maximum absolute atomic E-state index is 12.4. The Hall–Kier alpha value is -1.00. The lowest BCUT2D eigenvalue weighted by molar-refractivity contribution is 0.219. The summed E-state index contributed by atoms with van der Waals surface area (Å²) >= 11 is 1.60. The number of hydrogen-bond acceptors (Lipinski definition) is 5. The Kier molecular flexibility index (Phi) is 5.49. The van der Waals surface area contributed by atoms with Gasteiger partial charge in [0.1, 0.15) is 5.01 Å². The van der Waals surface area contributed by atoms with Crippen LogP contribution in [0.1, 0.15) is 19.4 Å². The minimum absolute atomic E-state index is 0.298. The molecule has 108 valence electrons. The van der Waals surface area contributed by atoms with Gasteiger partial charge in [0.2, 0.25) is 0 Å². The zero-order valence-electron chi connectivity index (χ0n) is 11.6. The molecule has 0 aliphatic carbocycles. The minimum atomic E-state index is -3.03. The smallest absolute Gasteiger partial charge is 0.309 e. The van der Waals surface area contributed by atoms with Crippen LogP contribution in [0.15, 0.2) is 35.8 Å². The number of hydrogen-bond donors (Lipinski definition) is 0. The topological polar surface area (TPSA) is 48.4 Å². The van der Waals surface area contributed by atoms with Crippen molar-refractivity contribution in [3.63, 3.8) is 0 Å². The fourth-order valence-electron chi connectivity index (χ4n) is 1.86. The average Bonchev–Trinajstić information content (AvgIpc) is 2.94. The molecule has 1 aromatic carbocycles. The molecule has 6 heteroatoms. The summed E-state index contributed by atoms with van der Waals surface area (Å²) in [5.41, 5.74) is 2.00. The van der Waals surface area contributed by atoms with Crippen LogP contribution in [0.25, 0.3) is 10.6 Å². The third-order valence-electron chi connectivity index (χ3n) is 2.66. The highest BCUT2D eigenvalue weighted by Crippen LogP contribution is 2.51. The first-order chi connectivity index (χ1) is 9.67. The van der Waals surface area contributed by atoms with Gasteiger partial charge >= 0.3 is 7.60 Å². The summed E-state index contributed by atoms with van der Waals surface area (Å²) in [4.78, 5) is 4.26. The quantitative estimate of drug-likeness (QED) is 0.702. The molecule has 0 saturated carbocycles. The predicted octanol–water partition coefficient (Wildman–Crippen LogP) is 4.58. The van der Waals surface area contributed by atoms with Crippen LogP contribution in [-0.4, -0.2) is 18.2 Å². The Morgan fingerprint density at radius 3 is 2.30 bits per heavy atom. The van der Waals surface area contributed by atoms with Crippen LogP contribution in [0.5, 0.6) is 0 Å². The Morgan fingerprint density at radius 1 is 1.15 bits per heavy atom. The maximum atomic E-state index is 12.4. The zero-order valence-corrected chi connectivity index (χ0v) is 13.3. The minimum Gasteiger partial charge on any atom is -0.309 e. The lowest BCUT2D eigenvalue weighted by atomic mass is 10.2. The van der Waals surface area contributed by atoms with Crippen LogP contribution in [-0.2, 0) is 19.8 Å². The second-order valence-corrected chi connectivity index (χ2v) is 7.09. The van der Waals surface area contributed by atoms with Crippen LogP contribution >= 0.6 is 18.9 Å². The van der Waals surface area contributed by atoms with E-state index in [-0.39, 0.29) is 0 Å². The van der Waals surface area contributed by atoms with E-state index in [1.54, 1.807) is 17.5 Å². The third kappa shape index (κ3) is 4.00. The van der Waals surface area contributed by atoms with Gasteiger partial charge in [-0.05, 0) is 19.4 Å². The van der Waals surface area contributed by atoms with Crippen LogP contribution in [0.2, 0.25) is 0 Å². The van der Waals surface area contributed by atoms with Crippen molar-refractivity contribution in [3.8, 4) is 10.6 Å². The van der Waals surface area contributed by atoms with Crippen molar-refractivity contribution < 1.29 is 13.6 Å². The van der Waals surface area contributed by atoms with E-state index in [9.17, 15) is 4.57 Å². The maximum Gasteiger partial charge on any atom is 0.335 e. The molecule has 0 spiro atoms. The third-order valence-corrected chi connectivity index (χ3v) is 5.54. The van der Waals surface area contributed by atoms with Crippen LogP contribution in [0.4, 0.5) is 0 Å². The summed E-state index contributed by atoms with van der Waals surface area (Å²) in [5.74, 6) is 0. The summed E-state index contributed by atoms with van der Waals surface area (Å²) in [6.45, 7) is 4.40. The van der Waals surface area contributed by atoms with E-state index in [0.717, 1.165) is 16.1 Å². The Labute approximate surface area is 123 Å². The van der Waals surface area contributed by atoms with E-state index in [1.807, 2.05) is 43.5 Å². The Balaban J connectivity index is 2.11. The SMILES string of the molecule is CCOP(=O)(Cc1ccc(-c2nccs2)cc1)OCC. The molecule has 2 aromatic rings. The first kappa shape index (κ1) is 15.4. The molecule has 20 heavy (non-hydrogen) atoms. The number of rotatable bonds is 7. The second kappa shape index (κ2) is 7.14. The molecule has 0 unspecified atom stereocenters. The molecule has 4 nitrogen and oxygen atoms in total. The van der Waals surface area contributed by atoms with Crippen molar-refractivity contribution in [2.75, 3.05) is 13.2 Å². The Morgan fingerprint density at radius 2 is 1.80 bits per heavy atom. The summed E-state index contributed by atoms with van der Waals surface area (Å²) in [7, 11) is -3.03. The molecular formula is C14H18NO3PS. The van der Waals surface area contributed by atoms with Crippen LogP contribution in [0, 0.1) is 0 Å². The molecule has 0 aliphatic rings. The van der Waals surface area contributed by atoms with Crippen molar-refractivity contribution in [3.05, 3.63) is 41.4 Å². The van der Waals surface area contributed by atoms with Gasteiger partial charge in [-0.25, -0.2) is 4.98 Å². The molecule has 2 rings (SSSR count). The largest absolute Gasteiger partial charge is 0.335 e. The summed E-state index contributed by atoms with van der Waals surface area (Å²) in [5, 5.41) is 2.93. The molecule has 0 N–H and O–H groups in total. The molecule has 0 saturated heterocycles. The van der Waals surface area contributed by atoms with E-state index in [0.29, 0.717) is 19.4 Å². The number of benzene rings is 1. The summed E-state index contributed by atoms with van der Waals surface area (Å²) < 4.78 is 23.0. The van der Waals surface area contributed by atoms with Gasteiger partial charge in [-0.1, -0.05) is 24.3 Å². The monoisotopic (exact) mass is 311 g/mol. The summed E-state index contributed by atoms with van der Waals surface area (Å²) in [6, 6.07) is 7.86. The average molecular weight is 311 g/mol. The van der Waals surface area contributed by atoms with Crippen molar-refractivity contribution in [2.45, 2.75) is 20.0 Å². The van der Waals surface area contributed by atoms with E-state index < -0.39 is 7.60 Å². The van der Waals surface area contributed by atoms with Gasteiger partial charge < -0.3 is 9.05 Å². The zero-order chi connectivity index (χ0) is 14.4. The number of nitrogens with zero attached hydrogens (tertiary/aromatic N) is 1.